The Morgan fingerprint density at radius 1 is 1.27 bits per heavy atom. The van der Waals surface area contributed by atoms with Crippen LogP contribution in [0.5, 0.6) is 0 Å². The highest BCUT2D eigenvalue weighted by atomic mass is 16.6. The van der Waals surface area contributed by atoms with Gasteiger partial charge in [0.1, 0.15) is 0 Å². The van der Waals surface area contributed by atoms with Crippen LogP contribution in [0.15, 0.2) is 21.7 Å². The van der Waals surface area contributed by atoms with Crippen LogP contribution in [0.4, 0.5) is 5.69 Å². The fraction of sp³-hybridized carbons (Fsp3) is 0.438. The van der Waals surface area contributed by atoms with Crippen LogP contribution in [0.3, 0.4) is 0 Å². The molecule has 1 fully saturated rings. The summed E-state index contributed by atoms with van der Waals surface area (Å²) < 4.78 is 0. The number of benzene rings is 1. The highest BCUT2D eigenvalue weighted by Crippen LogP contribution is 2.26. The van der Waals surface area contributed by atoms with E-state index in [2.05, 4.69) is 15.3 Å². The predicted molar refractivity (Wildman–Crippen MR) is 92.1 cm³/mol. The molecule has 4 N–H and O–H groups in total. The second-order valence-electron chi connectivity index (χ2n) is 6.47. The van der Waals surface area contributed by atoms with E-state index in [0.717, 1.165) is 12.8 Å². The topological polar surface area (TPSA) is 158 Å². The van der Waals surface area contributed by atoms with Gasteiger partial charge in [0.05, 0.1) is 21.9 Å². The molecular weight excluding hydrogens is 344 g/mol. The number of carboxylic acids is 1. The minimum absolute atomic E-state index is 0.0337. The molecule has 0 amide bonds. The van der Waals surface area contributed by atoms with Crippen LogP contribution in [0, 0.1) is 16.0 Å². The van der Waals surface area contributed by atoms with Gasteiger partial charge in [-0.05, 0) is 24.8 Å². The van der Waals surface area contributed by atoms with E-state index < -0.39 is 27.9 Å². The third-order valence-electron chi connectivity index (χ3n) is 4.71. The Labute approximate surface area is 146 Å². The van der Waals surface area contributed by atoms with Gasteiger partial charge >= 0.3 is 17.1 Å². The molecule has 1 aliphatic carbocycles. The predicted octanol–water partition coefficient (Wildman–Crippen LogP) is 0.858. The molecule has 1 saturated carbocycles. The molecule has 138 valence electrons. The van der Waals surface area contributed by atoms with Crippen molar-refractivity contribution in [3.63, 3.8) is 0 Å². The second-order valence-corrected chi connectivity index (χ2v) is 6.47. The summed E-state index contributed by atoms with van der Waals surface area (Å²) in [7, 11) is 0. The van der Waals surface area contributed by atoms with E-state index >= 15 is 0 Å². The van der Waals surface area contributed by atoms with Crippen molar-refractivity contribution in [3.8, 4) is 0 Å². The summed E-state index contributed by atoms with van der Waals surface area (Å²) in [6, 6.07) is 2.49. The molecule has 0 unspecified atom stereocenters. The van der Waals surface area contributed by atoms with E-state index in [1.54, 1.807) is 0 Å². The molecule has 0 aliphatic heterocycles. The largest absolute Gasteiger partial charge is 0.481 e. The lowest BCUT2D eigenvalue weighted by Crippen LogP contribution is -2.36. The fourth-order valence-corrected chi connectivity index (χ4v) is 3.38. The summed E-state index contributed by atoms with van der Waals surface area (Å²) in [6.45, 7) is 0.206. The summed E-state index contributed by atoms with van der Waals surface area (Å²) in [5, 5.41) is 23.5. The molecule has 1 aromatic heterocycles. The number of non-ortho nitro benzene ring substituents is 1. The van der Waals surface area contributed by atoms with Gasteiger partial charge in [-0.25, -0.2) is 0 Å². The molecule has 1 aromatic carbocycles. The molecule has 0 bridgehead atoms. The quantitative estimate of drug-likeness (QED) is 0.349. The smallest absolute Gasteiger partial charge is 0.314 e. The number of hydrogen-bond acceptors (Lipinski definition) is 6. The van der Waals surface area contributed by atoms with Crippen molar-refractivity contribution in [2.45, 2.75) is 38.3 Å². The number of rotatable bonds is 5. The Balaban J connectivity index is 1.90. The molecule has 1 aliphatic rings. The number of nitro groups is 1. The van der Waals surface area contributed by atoms with Gasteiger partial charge < -0.3 is 20.4 Å². The maximum absolute atomic E-state index is 11.6. The molecule has 0 spiro atoms. The van der Waals surface area contributed by atoms with E-state index in [1.165, 1.54) is 12.1 Å². The minimum atomic E-state index is -0.881. The lowest BCUT2D eigenvalue weighted by Gasteiger charge is -2.27. The van der Waals surface area contributed by atoms with Gasteiger partial charge in [-0.2, -0.15) is 0 Å². The van der Waals surface area contributed by atoms with Gasteiger partial charge in [0, 0.05) is 24.7 Å². The van der Waals surface area contributed by atoms with E-state index in [1.807, 2.05) is 0 Å². The SMILES string of the molecule is O=C(O)[C@H]1CCC[C@@H](NCc2cc([N+](=O)[O-])cc3[nH]c(=O)c(=O)[nH]c23)C1. The maximum atomic E-state index is 11.6. The standard InChI is InChI=1S/C16H18N4O6/c21-14-15(22)19-13-9(5-11(20(25)26)6-12(13)18-14)7-17-10-3-1-2-8(4-10)16(23)24/h5-6,8,10,17H,1-4,7H2,(H,18,21)(H,19,22)(H,23,24)/t8-,10+/m0/s1. The third kappa shape index (κ3) is 3.64. The molecule has 2 atom stereocenters. The number of aromatic amines is 2. The number of nitro benzene ring substituents is 1. The van der Waals surface area contributed by atoms with Gasteiger partial charge in [0.25, 0.3) is 5.69 Å². The van der Waals surface area contributed by atoms with Crippen molar-refractivity contribution in [2.24, 2.45) is 5.92 Å². The van der Waals surface area contributed by atoms with Crippen molar-refractivity contribution in [1.82, 2.24) is 15.3 Å². The van der Waals surface area contributed by atoms with E-state index in [9.17, 15) is 24.5 Å². The van der Waals surface area contributed by atoms with Crippen LogP contribution < -0.4 is 16.4 Å². The van der Waals surface area contributed by atoms with Gasteiger partial charge in [-0.15, -0.1) is 0 Å². The van der Waals surface area contributed by atoms with Gasteiger partial charge in [0.15, 0.2) is 0 Å². The maximum Gasteiger partial charge on any atom is 0.314 e. The Morgan fingerprint density at radius 3 is 2.69 bits per heavy atom. The molecule has 10 heteroatoms. The summed E-state index contributed by atoms with van der Waals surface area (Å²) in [6.07, 6.45) is 2.72. The molecular formula is C16H18N4O6. The number of aromatic nitrogens is 2. The summed E-state index contributed by atoms with van der Waals surface area (Å²) in [5.41, 5.74) is -0.972. The van der Waals surface area contributed by atoms with Crippen LogP contribution in [-0.4, -0.2) is 32.0 Å². The van der Waals surface area contributed by atoms with Crippen LogP contribution in [0.1, 0.15) is 31.2 Å². The second kappa shape index (κ2) is 7.08. The molecule has 26 heavy (non-hydrogen) atoms. The van der Waals surface area contributed by atoms with Crippen LogP contribution in [-0.2, 0) is 11.3 Å². The van der Waals surface area contributed by atoms with Gasteiger partial charge in [-0.3, -0.25) is 24.5 Å². The number of H-pyrrole nitrogens is 2. The van der Waals surface area contributed by atoms with Crippen LogP contribution in [0.25, 0.3) is 11.0 Å². The number of nitrogens with one attached hydrogen (secondary N) is 3. The average molecular weight is 362 g/mol. The van der Waals surface area contributed by atoms with E-state index in [4.69, 9.17) is 5.11 Å². The first-order valence-corrected chi connectivity index (χ1v) is 8.25. The number of fused-ring (bicyclic) bond motifs is 1. The number of carbonyl (C=O) groups is 1. The summed E-state index contributed by atoms with van der Waals surface area (Å²) in [5.74, 6) is -1.22. The average Bonchev–Trinajstić information content (AvgIpc) is 2.60. The Hall–Kier alpha value is -3.01. The van der Waals surface area contributed by atoms with Gasteiger partial charge in [-0.1, -0.05) is 6.42 Å². The lowest BCUT2D eigenvalue weighted by atomic mass is 9.85. The highest BCUT2D eigenvalue weighted by Gasteiger charge is 2.26. The first kappa shape index (κ1) is 17.8. The Kier molecular flexibility index (Phi) is 4.85. The number of hydrogen-bond donors (Lipinski definition) is 4. The molecule has 0 radical (unpaired) electrons. The highest BCUT2D eigenvalue weighted by molar-refractivity contribution is 5.80. The third-order valence-corrected chi connectivity index (χ3v) is 4.71. The zero-order chi connectivity index (χ0) is 18.8. The lowest BCUT2D eigenvalue weighted by molar-refractivity contribution is -0.384. The molecule has 2 aromatic rings. The van der Waals surface area contributed by atoms with Crippen LogP contribution >= 0.6 is 0 Å². The summed E-state index contributed by atoms with van der Waals surface area (Å²) in [4.78, 5) is 49.6. The first-order valence-electron chi connectivity index (χ1n) is 8.25. The van der Waals surface area contributed by atoms with Crippen molar-refractivity contribution in [2.75, 3.05) is 0 Å². The zero-order valence-corrected chi connectivity index (χ0v) is 13.8. The van der Waals surface area contributed by atoms with Crippen molar-refractivity contribution < 1.29 is 14.8 Å². The Morgan fingerprint density at radius 2 is 2.00 bits per heavy atom. The van der Waals surface area contributed by atoms with Crippen molar-refractivity contribution in [3.05, 3.63) is 48.5 Å². The van der Waals surface area contributed by atoms with Crippen LogP contribution in [0.2, 0.25) is 0 Å². The normalized spacial score (nSPS) is 20.2. The van der Waals surface area contributed by atoms with E-state index in [0.29, 0.717) is 23.9 Å². The number of nitrogens with zero attached hydrogens (tertiary/aromatic N) is 1. The molecule has 0 saturated heterocycles. The minimum Gasteiger partial charge on any atom is -0.481 e. The van der Waals surface area contributed by atoms with Crippen molar-refractivity contribution >= 4 is 22.7 Å². The van der Waals surface area contributed by atoms with Crippen molar-refractivity contribution in [1.29, 1.82) is 0 Å². The number of aliphatic carboxylic acids is 1. The van der Waals surface area contributed by atoms with E-state index in [-0.39, 0.29) is 23.8 Å². The molecule has 3 rings (SSSR count). The van der Waals surface area contributed by atoms with Gasteiger partial charge in [0.2, 0.25) is 0 Å². The fourth-order valence-electron chi connectivity index (χ4n) is 3.38. The monoisotopic (exact) mass is 362 g/mol. The zero-order valence-electron chi connectivity index (χ0n) is 13.8. The molecule has 10 nitrogen and oxygen atoms in total. The number of carboxylic acid groups (broad SMARTS) is 1. The first-order chi connectivity index (χ1) is 12.3. The summed E-state index contributed by atoms with van der Waals surface area (Å²) >= 11 is 0. The Bertz CT molecular complexity index is 979. The molecule has 1 heterocycles.